The molecule has 6 rings (SSSR count). The molecule has 2 aromatic carbocycles. The van der Waals surface area contributed by atoms with E-state index in [2.05, 4.69) is 0 Å². The fourth-order valence-electron chi connectivity index (χ4n) is 6.76. The fourth-order valence-corrected chi connectivity index (χ4v) is 8.76. The predicted molar refractivity (Wildman–Crippen MR) is 152 cm³/mol. The largest absolute Gasteiger partial charge is 0.394 e. The summed E-state index contributed by atoms with van der Waals surface area (Å²) in [7, 11) is 0. The van der Waals surface area contributed by atoms with Gasteiger partial charge in [-0.1, -0.05) is 72.8 Å². The molecule has 1 unspecified atom stereocenters. The number of fused-ring (bicyclic) bond motifs is 2. The van der Waals surface area contributed by atoms with Crippen LogP contribution in [0.5, 0.6) is 0 Å². The number of amides is 3. The lowest BCUT2D eigenvalue weighted by Gasteiger charge is -2.39. The van der Waals surface area contributed by atoms with E-state index in [-0.39, 0.29) is 35.6 Å². The Morgan fingerprint density at radius 1 is 0.923 bits per heavy atom. The third-order valence-electron chi connectivity index (χ3n) is 8.51. The summed E-state index contributed by atoms with van der Waals surface area (Å²) in [5.74, 6) is -1.86. The van der Waals surface area contributed by atoms with E-state index in [0.29, 0.717) is 13.1 Å². The molecule has 6 atom stereocenters. The van der Waals surface area contributed by atoms with Gasteiger partial charge in [0.1, 0.15) is 6.04 Å². The average Bonchev–Trinajstić information content (AvgIpc) is 3.25. The summed E-state index contributed by atoms with van der Waals surface area (Å²) in [6.45, 7) is 4.49. The van der Waals surface area contributed by atoms with E-state index in [1.807, 2.05) is 98.8 Å². The molecule has 0 saturated carbocycles. The maximum absolute atomic E-state index is 14.6. The Kier molecular flexibility index (Phi) is 6.63. The summed E-state index contributed by atoms with van der Waals surface area (Å²) >= 11 is 1.56. The van der Waals surface area contributed by atoms with Crippen molar-refractivity contribution in [1.29, 1.82) is 0 Å². The number of likely N-dealkylation sites (tertiary alicyclic amines) is 1. The SMILES string of the molecule is CC(C)N1CC=C[C@]23S[C@@H]4C=CCN(c5ccccc5)C(=O)[C@@H]4[C@H]2C(=O)N([C@H](CO)c2ccccc2)C3C1=O. The molecule has 2 aromatic rings. The van der Waals surface area contributed by atoms with E-state index < -0.39 is 28.7 Å². The highest BCUT2D eigenvalue weighted by molar-refractivity contribution is 8.02. The smallest absolute Gasteiger partial charge is 0.247 e. The van der Waals surface area contributed by atoms with E-state index in [0.717, 1.165) is 11.3 Å². The second-order valence-electron chi connectivity index (χ2n) is 10.9. The first-order valence-electron chi connectivity index (χ1n) is 13.6. The van der Waals surface area contributed by atoms with Crippen molar-refractivity contribution >= 4 is 35.2 Å². The van der Waals surface area contributed by atoms with Crippen LogP contribution in [-0.2, 0) is 14.4 Å². The van der Waals surface area contributed by atoms with Gasteiger partial charge in [0.05, 0.1) is 29.2 Å². The molecule has 0 aromatic heterocycles. The Morgan fingerprint density at radius 2 is 1.62 bits per heavy atom. The highest BCUT2D eigenvalue weighted by Crippen LogP contribution is 2.62. The second kappa shape index (κ2) is 9.99. The van der Waals surface area contributed by atoms with Crippen LogP contribution in [0, 0.1) is 11.8 Å². The molecule has 202 valence electrons. The Morgan fingerprint density at radius 3 is 2.28 bits per heavy atom. The van der Waals surface area contributed by atoms with Gasteiger partial charge in [0.15, 0.2) is 0 Å². The predicted octanol–water partition coefficient (Wildman–Crippen LogP) is 3.43. The van der Waals surface area contributed by atoms with Crippen molar-refractivity contribution in [3.05, 3.63) is 90.5 Å². The van der Waals surface area contributed by atoms with Crippen LogP contribution in [0.1, 0.15) is 25.5 Å². The first-order chi connectivity index (χ1) is 18.9. The Labute approximate surface area is 233 Å². The zero-order valence-electron chi connectivity index (χ0n) is 22.1. The molecule has 39 heavy (non-hydrogen) atoms. The minimum atomic E-state index is -0.922. The molecule has 3 amide bonds. The topological polar surface area (TPSA) is 81.2 Å². The number of aliphatic hydroxyl groups excluding tert-OH is 1. The molecule has 8 heteroatoms. The summed E-state index contributed by atoms with van der Waals surface area (Å²) in [5.41, 5.74) is 1.55. The Bertz CT molecular complexity index is 1330. The van der Waals surface area contributed by atoms with Gasteiger partial charge in [0, 0.05) is 30.1 Å². The summed E-state index contributed by atoms with van der Waals surface area (Å²) in [4.78, 5) is 48.4. The van der Waals surface area contributed by atoms with Crippen LogP contribution in [0.15, 0.2) is 85.0 Å². The lowest BCUT2D eigenvalue weighted by molar-refractivity contribution is -0.146. The minimum absolute atomic E-state index is 0.0652. The van der Waals surface area contributed by atoms with E-state index >= 15 is 0 Å². The van der Waals surface area contributed by atoms with Crippen molar-refractivity contribution in [2.24, 2.45) is 11.8 Å². The lowest BCUT2D eigenvalue weighted by atomic mass is 9.78. The highest BCUT2D eigenvalue weighted by atomic mass is 32.2. The molecule has 0 aliphatic carbocycles. The maximum atomic E-state index is 14.6. The van der Waals surface area contributed by atoms with Gasteiger partial charge in [-0.05, 0) is 31.5 Å². The molecule has 4 heterocycles. The van der Waals surface area contributed by atoms with Crippen LogP contribution >= 0.6 is 11.8 Å². The summed E-state index contributed by atoms with van der Waals surface area (Å²) in [6, 6.07) is 17.3. The van der Waals surface area contributed by atoms with Crippen molar-refractivity contribution in [2.45, 2.75) is 42.0 Å². The number of nitrogens with zero attached hydrogens (tertiary/aromatic N) is 3. The number of aliphatic hydroxyl groups is 1. The van der Waals surface area contributed by atoms with E-state index in [1.54, 1.807) is 26.5 Å². The van der Waals surface area contributed by atoms with Crippen LogP contribution in [0.25, 0.3) is 0 Å². The van der Waals surface area contributed by atoms with E-state index in [9.17, 15) is 19.5 Å². The maximum Gasteiger partial charge on any atom is 0.247 e. The molecule has 4 aliphatic heterocycles. The summed E-state index contributed by atoms with van der Waals surface area (Å²) in [6.07, 6.45) is 8.05. The molecule has 0 radical (unpaired) electrons. The van der Waals surface area contributed by atoms with Gasteiger partial charge in [-0.2, -0.15) is 0 Å². The third-order valence-corrected chi connectivity index (χ3v) is 10.3. The van der Waals surface area contributed by atoms with Gasteiger partial charge in [-0.25, -0.2) is 0 Å². The van der Waals surface area contributed by atoms with Crippen LogP contribution in [0.3, 0.4) is 0 Å². The summed E-state index contributed by atoms with van der Waals surface area (Å²) < 4.78 is -0.922. The van der Waals surface area contributed by atoms with Crippen LogP contribution in [-0.4, -0.2) is 74.4 Å². The number of carbonyl (C=O) groups excluding carboxylic acids is 3. The van der Waals surface area contributed by atoms with Crippen molar-refractivity contribution < 1.29 is 19.5 Å². The number of rotatable bonds is 5. The zero-order chi connectivity index (χ0) is 27.3. The van der Waals surface area contributed by atoms with Crippen LogP contribution < -0.4 is 4.90 Å². The van der Waals surface area contributed by atoms with Gasteiger partial charge in [0.25, 0.3) is 0 Å². The molecular formula is C31H33N3O4S. The Balaban J connectivity index is 1.50. The van der Waals surface area contributed by atoms with Crippen molar-refractivity contribution in [2.75, 3.05) is 24.6 Å². The molecule has 2 saturated heterocycles. The van der Waals surface area contributed by atoms with E-state index in [4.69, 9.17) is 0 Å². The molecule has 0 bridgehead atoms. The van der Waals surface area contributed by atoms with Crippen molar-refractivity contribution in [3.63, 3.8) is 0 Å². The number of thioether (sulfide) groups is 1. The van der Waals surface area contributed by atoms with Crippen molar-refractivity contribution in [3.8, 4) is 0 Å². The fraction of sp³-hybridized carbons (Fsp3) is 0.387. The molecule has 7 nitrogen and oxygen atoms in total. The van der Waals surface area contributed by atoms with Gasteiger partial charge in [0.2, 0.25) is 17.7 Å². The standard InChI is InChI=1S/C31H33N3O4S/c1-20(2)32-18-10-16-31-26(25-24(39-31)15-9-17-33(28(25)36)22-13-7-4-8-14-22)29(37)34(27(31)30(32)38)23(19-35)21-11-5-3-6-12-21/h3-16,20,23-27,35H,17-19H2,1-2H3/t23-,24-,25+,26+,27?,31+/m1/s1. The zero-order valence-corrected chi connectivity index (χ0v) is 22.9. The lowest BCUT2D eigenvalue weighted by Crippen LogP contribution is -2.55. The second-order valence-corrected chi connectivity index (χ2v) is 12.4. The molecule has 2 fully saturated rings. The van der Waals surface area contributed by atoms with E-state index in [1.165, 1.54) is 0 Å². The highest BCUT2D eigenvalue weighted by Gasteiger charge is 2.72. The van der Waals surface area contributed by atoms with Gasteiger partial charge < -0.3 is 19.8 Å². The third kappa shape index (κ3) is 3.95. The van der Waals surface area contributed by atoms with Crippen LogP contribution in [0.2, 0.25) is 0 Å². The first kappa shape index (κ1) is 25.9. The number of hydrogen-bond donors (Lipinski definition) is 1. The average molecular weight is 544 g/mol. The number of anilines is 1. The van der Waals surface area contributed by atoms with Crippen molar-refractivity contribution in [1.82, 2.24) is 9.80 Å². The molecule has 4 aliphatic rings. The quantitative estimate of drug-likeness (QED) is 0.585. The van der Waals surface area contributed by atoms with Crippen LogP contribution in [0.4, 0.5) is 5.69 Å². The number of carbonyl (C=O) groups is 3. The molecule has 1 N–H and O–H groups in total. The van der Waals surface area contributed by atoms with Gasteiger partial charge in [-0.15, -0.1) is 11.8 Å². The normalized spacial score (nSPS) is 30.8. The first-order valence-corrected chi connectivity index (χ1v) is 14.4. The number of hydrogen-bond acceptors (Lipinski definition) is 5. The summed E-state index contributed by atoms with van der Waals surface area (Å²) in [5, 5.41) is 10.4. The molecular weight excluding hydrogens is 510 g/mol. The number of para-hydroxylation sites is 1. The van der Waals surface area contributed by atoms with Gasteiger partial charge in [-0.3, -0.25) is 14.4 Å². The Hall–Kier alpha value is -3.36. The van der Waals surface area contributed by atoms with Gasteiger partial charge >= 0.3 is 0 Å². The molecule has 1 spiro atoms. The minimum Gasteiger partial charge on any atom is -0.394 e. The monoisotopic (exact) mass is 543 g/mol. The number of benzene rings is 2.